The molecule has 1 atom stereocenters. The predicted octanol–water partition coefficient (Wildman–Crippen LogP) is 2.04. The maximum Gasteiger partial charge on any atom is 0.319 e. The maximum absolute atomic E-state index is 12.6. The highest BCUT2D eigenvalue weighted by Crippen LogP contribution is 2.19. The van der Waals surface area contributed by atoms with Crippen LogP contribution in [0.3, 0.4) is 0 Å². The molecule has 0 unspecified atom stereocenters. The number of aromatic amines is 1. The second kappa shape index (κ2) is 8.10. The van der Waals surface area contributed by atoms with Gasteiger partial charge >= 0.3 is 6.03 Å². The third-order valence-electron chi connectivity index (χ3n) is 4.69. The minimum atomic E-state index is -0.188. The van der Waals surface area contributed by atoms with Crippen molar-refractivity contribution in [3.05, 3.63) is 45.2 Å². The van der Waals surface area contributed by atoms with E-state index in [0.29, 0.717) is 31.9 Å². The minimum absolute atomic E-state index is 0.163. The molecule has 27 heavy (non-hydrogen) atoms. The quantitative estimate of drug-likeness (QED) is 0.890. The fourth-order valence-electron chi connectivity index (χ4n) is 3.44. The molecule has 0 radical (unpaired) electrons. The number of nitrogens with zero attached hydrogens (tertiary/aromatic N) is 2. The summed E-state index contributed by atoms with van der Waals surface area (Å²) in [4.78, 5) is 31.4. The van der Waals surface area contributed by atoms with E-state index in [1.807, 2.05) is 32.0 Å². The molecule has 0 saturated carbocycles. The van der Waals surface area contributed by atoms with Crippen molar-refractivity contribution in [2.24, 2.45) is 0 Å². The third-order valence-corrected chi connectivity index (χ3v) is 4.69. The van der Waals surface area contributed by atoms with E-state index >= 15 is 0 Å². The Morgan fingerprint density at radius 2 is 2.00 bits per heavy atom. The van der Waals surface area contributed by atoms with Crippen molar-refractivity contribution in [2.45, 2.75) is 26.5 Å². The fraction of sp³-hybridized carbons (Fsp3) is 0.500. The summed E-state index contributed by atoms with van der Waals surface area (Å²) in [5, 5.41) is 0.969. The summed E-state index contributed by atoms with van der Waals surface area (Å²) in [5.74, 6) is 0. The molecule has 2 amide bonds. The molecule has 1 fully saturated rings. The van der Waals surface area contributed by atoms with Gasteiger partial charge in [0.15, 0.2) is 0 Å². The van der Waals surface area contributed by atoms with Gasteiger partial charge in [-0.1, -0.05) is 11.6 Å². The summed E-state index contributed by atoms with van der Waals surface area (Å²) in [7, 11) is 3.40. The molecule has 7 nitrogen and oxygen atoms in total. The standard InChI is InChI=1S/C20H27N3O4/c1-13-7-14(2)18-15(8-13)9-16(19(24)21-18)10-23(20(25)22(3)4)11-17-12-26-5-6-27-17/h7-9,17H,5-6,10-12H2,1-4H3,(H,21,24)/t17-/m1/s1. The van der Waals surface area contributed by atoms with Crippen molar-refractivity contribution in [2.75, 3.05) is 40.5 Å². The number of urea groups is 1. The van der Waals surface area contributed by atoms with Crippen molar-refractivity contribution >= 4 is 16.9 Å². The Bertz CT molecular complexity index is 885. The van der Waals surface area contributed by atoms with E-state index in [9.17, 15) is 9.59 Å². The van der Waals surface area contributed by atoms with Gasteiger partial charge in [-0.05, 0) is 36.9 Å². The summed E-state index contributed by atoms with van der Waals surface area (Å²) >= 11 is 0. The molecular weight excluding hydrogens is 346 g/mol. The number of carbonyl (C=O) groups excluding carboxylic acids is 1. The van der Waals surface area contributed by atoms with Gasteiger partial charge in [-0.25, -0.2) is 4.79 Å². The number of ether oxygens (including phenoxy) is 2. The molecule has 2 heterocycles. The maximum atomic E-state index is 12.6. The summed E-state index contributed by atoms with van der Waals surface area (Å²) in [6, 6.07) is 5.80. The predicted molar refractivity (Wildman–Crippen MR) is 104 cm³/mol. The van der Waals surface area contributed by atoms with Gasteiger partial charge < -0.3 is 24.3 Å². The van der Waals surface area contributed by atoms with Gasteiger partial charge in [0, 0.05) is 19.7 Å². The van der Waals surface area contributed by atoms with E-state index in [1.54, 1.807) is 19.0 Å². The molecule has 1 aromatic carbocycles. The number of hydrogen-bond donors (Lipinski definition) is 1. The first-order valence-corrected chi connectivity index (χ1v) is 9.14. The van der Waals surface area contributed by atoms with Crippen LogP contribution >= 0.6 is 0 Å². The van der Waals surface area contributed by atoms with Crippen LogP contribution in [0.5, 0.6) is 0 Å². The SMILES string of the molecule is Cc1cc(C)c2[nH]c(=O)c(CN(C[C@@H]3COCCO3)C(=O)N(C)C)cc2c1. The molecule has 1 aliphatic heterocycles. The van der Waals surface area contributed by atoms with Gasteiger partial charge in [-0.3, -0.25) is 4.79 Å². The molecule has 2 aromatic rings. The minimum Gasteiger partial charge on any atom is -0.376 e. The van der Waals surface area contributed by atoms with Crippen molar-refractivity contribution < 1.29 is 14.3 Å². The Labute approximate surface area is 158 Å². The van der Waals surface area contributed by atoms with Crippen LogP contribution in [0.25, 0.3) is 10.9 Å². The van der Waals surface area contributed by atoms with E-state index in [1.165, 1.54) is 4.90 Å². The highest BCUT2D eigenvalue weighted by molar-refractivity contribution is 5.83. The number of pyridine rings is 1. The first kappa shape index (κ1) is 19.4. The highest BCUT2D eigenvalue weighted by Gasteiger charge is 2.24. The third kappa shape index (κ3) is 4.48. The number of aryl methyl sites for hydroxylation is 2. The monoisotopic (exact) mass is 373 g/mol. The topological polar surface area (TPSA) is 74.9 Å². The van der Waals surface area contributed by atoms with Crippen LogP contribution in [-0.4, -0.2) is 67.4 Å². The Morgan fingerprint density at radius 3 is 2.67 bits per heavy atom. The molecule has 1 aliphatic rings. The normalized spacial score (nSPS) is 17.1. The van der Waals surface area contributed by atoms with Gasteiger partial charge in [0.05, 0.1) is 44.5 Å². The zero-order chi connectivity index (χ0) is 19.6. The number of H-pyrrole nitrogens is 1. The van der Waals surface area contributed by atoms with Crippen molar-refractivity contribution in [1.29, 1.82) is 0 Å². The van der Waals surface area contributed by atoms with Gasteiger partial charge in [0.1, 0.15) is 0 Å². The largest absolute Gasteiger partial charge is 0.376 e. The summed E-state index contributed by atoms with van der Waals surface area (Å²) in [6.07, 6.45) is -0.188. The van der Waals surface area contributed by atoms with Crippen LogP contribution in [0.4, 0.5) is 4.79 Å². The number of benzene rings is 1. The van der Waals surface area contributed by atoms with E-state index < -0.39 is 0 Å². The average molecular weight is 373 g/mol. The lowest BCUT2D eigenvalue weighted by atomic mass is 10.1. The molecule has 3 rings (SSSR count). The lowest BCUT2D eigenvalue weighted by Gasteiger charge is -2.31. The molecule has 0 bridgehead atoms. The van der Waals surface area contributed by atoms with Crippen LogP contribution in [0.1, 0.15) is 16.7 Å². The van der Waals surface area contributed by atoms with Crippen molar-refractivity contribution in [3.8, 4) is 0 Å². The van der Waals surface area contributed by atoms with Gasteiger partial charge in [0.2, 0.25) is 0 Å². The highest BCUT2D eigenvalue weighted by atomic mass is 16.6. The van der Waals surface area contributed by atoms with Gasteiger partial charge in [0.25, 0.3) is 5.56 Å². The van der Waals surface area contributed by atoms with E-state index in [0.717, 1.165) is 22.0 Å². The number of fused-ring (bicyclic) bond motifs is 1. The van der Waals surface area contributed by atoms with Gasteiger partial charge in [-0.2, -0.15) is 0 Å². The Kier molecular flexibility index (Phi) is 5.82. The second-order valence-electron chi connectivity index (χ2n) is 7.29. The molecule has 1 N–H and O–H groups in total. The zero-order valence-corrected chi connectivity index (χ0v) is 16.4. The van der Waals surface area contributed by atoms with E-state index in [4.69, 9.17) is 9.47 Å². The lowest BCUT2D eigenvalue weighted by Crippen LogP contribution is -2.46. The Morgan fingerprint density at radius 1 is 1.22 bits per heavy atom. The van der Waals surface area contributed by atoms with Gasteiger partial charge in [-0.15, -0.1) is 0 Å². The fourth-order valence-corrected chi connectivity index (χ4v) is 3.44. The molecule has 0 aliphatic carbocycles. The Hall–Kier alpha value is -2.38. The first-order valence-electron chi connectivity index (χ1n) is 9.14. The second-order valence-corrected chi connectivity index (χ2v) is 7.29. The number of rotatable bonds is 4. The molecule has 146 valence electrons. The number of aromatic nitrogens is 1. The number of nitrogens with one attached hydrogen (secondary N) is 1. The van der Waals surface area contributed by atoms with Crippen LogP contribution in [0.15, 0.2) is 23.0 Å². The molecule has 1 aromatic heterocycles. The zero-order valence-electron chi connectivity index (χ0n) is 16.4. The summed E-state index contributed by atoms with van der Waals surface area (Å²) in [5.41, 5.74) is 3.38. The first-order chi connectivity index (χ1) is 12.8. The van der Waals surface area contributed by atoms with Crippen LogP contribution in [-0.2, 0) is 16.0 Å². The average Bonchev–Trinajstić information content (AvgIpc) is 2.62. The number of carbonyl (C=O) groups is 1. The van der Waals surface area contributed by atoms with Crippen LogP contribution in [0, 0.1) is 13.8 Å². The molecular formula is C20H27N3O4. The molecule has 7 heteroatoms. The summed E-state index contributed by atoms with van der Waals surface area (Å²) < 4.78 is 11.1. The molecule has 1 saturated heterocycles. The Balaban J connectivity index is 1.91. The van der Waals surface area contributed by atoms with Crippen molar-refractivity contribution in [1.82, 2.24) is 14.8 Å². The van der Waals surface area contributed by atoms with Crippen LogP contribution in [0.2, 0.25) is 0 Å². The number of hydrogen-bond acceptors (Lipinski definition) is 4. The number of amides is 2. The molecule has 0 spiro atoms. The lowest BCUT2D eigenvalue weighted by molar-refractivity contribution is -0.0952. The smallest absolute Gasteiger partial charge is 0.319 e. The van der Waals surface area contributed by atoms with Crippen molar-refractivity contribution in [3.63, 3.8) is 0 Å². The summed E-state index contributed by atoms with van der Waals surface area (Å²) in [6.45, 7) is 6.14. The van der Waals surface area contributed by atoms with E-state index in [-0.39, 0.29) is 24.2 Å². The van der Waals surface area contributed by atoms with E-state index in [2.05, 4.69) is 4.98 Å². The van der Waals surface area contributed by atoms with Crippen LogP contribution < -0.4 is 5.56 Å².